The summed E-state index contributed by atoms with van der Waals surface area (Å²) in [5.41, 5.74) is -0.665. The molecule has 142 valence electrons. The summed E-state index contributed by atoms with van der Waals surface area (Å²) in [5, 5.41) is 21.2. The minimum Gasteiger partial charge on any atom is -0.507 e. The van der Waals surface area contributed by atoms with Gasteiger partial charge in [0.1, 0.15) is 17.6 Å². The molecule has 0 aromatic heterocycles. The fourth-order valence-corrected chi connectivity index (χ4v) is 6.14. The van der Waals surface area contributed by atoms with Crippen molar-refractivity contribution in [3.63, 3.8) is 0 Å². The van der Waals surface area contributed by atoms with E-state index >= 15 is 0 Å². The lowest BCUT2D eigenvalue weighted by Gasteiger charge is -2.54. The lowest BCUT2D eigenvalue weighted by Crippen LogP contribution is -2.67. The number of aromatic hydroxyl groups is 2. The van der Waals surface area contributed by atoms with Gasteiger partial charge in [0.15, 0.2) is 17.0 Å². The molecule has 2 bridgehead atoms. The number of halogens is 1. The molecule has 1 aromatic rings. The number of fused-ring (bicyclic) bond motifs is 1. The third kappa shape index (κ3) is 1.93. The minimum absolute atomic E-state index is 0.0417. The van der Waals surface area contributed by atoms with Crippen LogP contribution in [0.25, 0.3) is 0 Å². The Morgan fingerprint density at radius 3 is 2.33 bits per heavy atom. The molecule has 27 heavy (non-hydrogen) atoms. The zero-order chi connectivity index (χ0) is 20.0. The Kier molecular flexibility index (Phi) is 3.80. The topological polar surface area (TPSA) is 101 Å². The second-order valence-corrected chi connectivity index (χ2v) is 9.12. The Balaban J connectivity index is 2.22. The van der Waals surface area contributed by atoms with Crippen LogP contribution in [0.15, 0.2) is 11.6 Å². The summed E-state index contributed by atoms with van der Waals surface area (Å²) < 4.78 is 5.26. The van der Waals surface area contributed by atoms with Gasteiger partial charge in [-0.3, -0.25) is 14.4 Å². The number of carbonyl (C=O) groups excluding carboxylic acids is 3. The van der Waals surface area contributed by atoms with E-state index in [1.165, 1.54) is 13.0 Å². The highest BCUT2D eigenvalue weighted by molar-refractivity contribution is 14.1. The number of ether oxygens (including phenoxy) is 1. The smallest absolute Gasteiger partial charge is 0.325 e. The number of esters is 1. The van der Waals surface area contributed by atoms with Crippen molar-refractivity contribution in [3.8, 4) is 11.5 Å². The minimum atomic E-state index is -1.72. The maximum atomic E-state index is 13.4. The third-order valence-corrected chi connectivity index (χ3v) is 8.14. The van der Waals surface area contributed by atoms with Crippen LogP contribution in [0, 0.1) is 25.7 Å². The van der Waals surface area contributed by atoms with Crippen LogP contribution in [0.2, 0.25) is 0 Å². The van der Waals surface area contributed by atoms with Gasteiger partial charge in [0.25, 0.3) is 0 Å². The van der Waals surface area contributed by atoms with E-state index in [1.807, 2.05) is 0 Å². The lowest BCUT2D eigenvalue weighted by molar-refractivity contribution is -0.170. The van der Waals surface area contributed by atoms with E-state index in [1.54, 1.807) is 20.8 Å². The molecule has 7 heteroatoms. The highest BCUT2D eigenvalue weighted by Crippen LogP contribution is 2.60. The first-order valence-corrected chi connectivity index (χ1v) is 9.98. The predicted octanol–water partition coefficient (Wildman–Crippen LogP) is 2.66. The van der Waals surface area contributed by atoms with Gasteiger partial charge in [-0.2, -0.15) is 0 Å². The number of ketones is 2. The quantitative estimate of drug-likeness (QED) is 0.255. The zero-order valence-corrected chi connectivity index (χ0v) is 17.4. The molecular weight excluding hydrogens is 463 g/mol. The van der Waals surface area contributed by atoms with E-state index in [9.17, 15) is 24.6 Å². The summed E-state index contributed by atoms with van der Waals surface area (Å²) >= 11 is 2.14. The number of carbonyl (C=O) groups is 3. The first kappa shape index (κ1) is 18.5. The first-order chi connectivity index (χ1) is 12.6. The van der Waals surface area contributed by atoms with E-state index in [-0.39, 0.29) is 43.5 Å². The lowest BCUT2D eigenvalue weighted by atomic mass is 9.50. The molecule has 5 atom stereocenters. The first-order valence-electron chi connectivity index (χ1n) is 8.74. The highest BCUT2D eigenvalue weighted by Gasteiger charge is 2.69. The van der Waals surface area contributed by atoms with Crippen molar-refractivity contribution in [2.24, 2.45) is 11.8 Å². The van der Waals surface area contributed by atoms with Gasteiger partial charge < -0.3 is 14.9 Å². The van der Waals surface area contributed by atoms with Gasteiger partial charge in [-0.15, -0.1) is 0 Å². The van der Waals surface area contributed by atoms with Gasteiger partial charge in [-0.1, -0.05) is 28.2 Å². The van der Waals surface area contributed by atoms with E-state index < -0.39 is 35.1 Å². The standard InChI is InChI=1S/C20H19IO6/c1-6-5-10(22)20-13-7(2)16(23)8(3)17(24)12(13)18(25)11(6)14(20)15(21)9(4)27-19(20)26/h5,9,11,14-15,23-24H,1-4H3/t9-,11+,14+,15-,20-/m1/s1. The van der Waals surface area contributed by atoms with Crippen LogP contribution in [-0.4, -0.2) is 37.8 Å². The molecule has 2 aliphatic carbocycles. The van der Waals surface area contributed by atoms with Gasteiger partial charge in [0.05, 0.1) is 9.49 Å². The number of Topliss-reactive ketones (excluding diaryl/α,β-unsaturated/α-hetero) is 1. The van der Waals surface area contributed by atoms with Crippen LogP contribution in [0.5, 0.6) is 11.5 Å². The van der Waals surface area contributed by atoms with Crippen LogP contribution in [0.1, 0.15) is 40.9 Å². The number of rotatable bonds is 0. The van der Waals surface area contributed by atoms with Crippen molar-refractivity contribution in [2.45, 2.75) is 43.1 Å². The average Bonchev–Trinajstić information content (AvgIpc) is 2.60. The van der Waals surface area contributed by atoms with Gasteiger partial charge in [0.2, 0.25) is 0 Å². The number of phenols is 2. The third-order valence-electron chi connectivity index (χ3n) is 6.35. The molecular formula is C20H19IO6. The van der Waals surface area contributed by atoms with E-state index in [0.717, 1.165) is 0 Å². The fraction of sp³-hybridized carbons (Fsp3) is 0.450. The van der Waals surface area contributed by atoms with Gasteiger partial charge in [0, 0.05) is 17.4 Å². The van der Waals surface area contributed by atoms with Gasteiger partial charge in [-0.25, -0.2) is 0 Å². The molecule has 2 N–H and O–H groups in total. The molecule has 1 heterocycles. The summed E-state index contributed by atoms with van der Waals surface area (Å²) in [6.45, 7) is 6.52. The maximum Gasteiger partial charge on any atom is 0.325 e. The number of hydrogen-bond donors (Lipinski definition) is 2. The van der Waals surface area contributed by atoms with Crippen LogP contribution < -0.4 is 0 Å². The summed E-state index contributed by atoms with van der Waals surface area (Å²) in [5.74, 6) is -3.40. The van der Waals surface area contributed by atoms with Crippen LogP contribution in [0.4, 0.5) is 0 Å². The molecule has 1 saturated heterocycles. The molecule has 0 saturated carbocycles. The number of benzene rings is 1. The Hall–Kier alpha value is -1.90. The second kappa shape index (κ2) is 5.56. The average molecular weight is 482 g/mol. The predicted molar refractivity (Wildman–Crippen MR) is 104 cm³/mol. The summed E-state index contributed by atoms with van der Waals surface area (Å²) in [7, 11) is 0. The molecule has 1 aromatic carbocycles. The van der Waals surface area contributed by atoms with Gasteiger partial charge >= 0.3 is 5.97 Å². The Bertz CT molecular complexity index is 977. The fourth-order valence-electron chi connectivity index (χ4n) is 5.04. The van der Waals surface area contributed by atoms with Crippen molar-refractivity contribution in [1.82, 2.24) is 0 Å². The number of alkyl halides is 1. The van der Waals surface area contributed by atoms with Crippen LogP contribution in [-0.2, 0) is 19.7 Å². The number of hydrogen-bond acceptors (Lipinski definition) is 6. The van der Waals surface area contributed by atoms with Crippen molar-refractivity contribution in [3.05, 3.63) is 33.9 Å². The zero-order valence-electron chi connectivity index (χ0n) is 15.3. The monoisotopic (exact) mass is 482 g/mol. The molecule has 0 spiro atoms. The largest absolute Gasteiger partial charge is 0.507 e. The molecule has 0 amide bonds. The van der Waals surface area contributed by atoms with E-state index in [0.29, 0.717) is 5.57 Å². The summed E-state index contributed by atoms with van der Waals surface area (Å²) in [6, 6.07) is 0. The van der Waals surface area contributed by atoms with Crippen LogP contribution >= 0.6 is 22.6 Å². The number of allylic oxidation sites excluding steroid dienone is 2. The summed E-state index contributed by atoms with van der Waals surface area (Å²) in [6.07, 6.45) is 0.885. The Morgan fingerprint density at radius 1 is 1.07 bits per heavy atom. The van der Waals surface area contributed by atoms with Crippen molar-refractivity contribution in [1.29, 1.82) is 0 Å². The number of cyclic esters (lactones) is 1. The van der Waals surface area contributed by atoms with E-state index in [4.69, 9.17) is 4.74 Å². The SMILES string of the molecule is CC1=CC(=O)[C@]23C(=O)O[C@H](C)[C@@H](I)[C@@H]2[C@H]1C(=O)c1c(O)c(C)c(O)c(C)c13. The van der Waals surface area contributed by atoms with Crippen molar-refractivity contribution >= 4 is 40.1 Å². The van der Waals surface area contributed by atoms with E-state index in [2.05, 4.69) is 22.6 Å². The van der Waals surface area contributed by atoms with Crippen LogP contribution in [0.3, 0.4) is 0 Å². The molecule has 0 radical (unpaired) electrons. The van der Waals surface area contributed by atoms with Crippen molar-refractivity contribution in [2.75, 3.05) is 0 Å². The molecule has 3 aliphatic rings. The van der Waals surface area contributed by atoms with Gasteiger partial charge in [-0.05, 0) is 44.9 Å². The molecule has 0 unspecified atom stereocenters. The molecule has 1 fully saturated rings. The summed E-state index contributed by atoms with van der Waals surface area (Å²) in [4.78, 5) is 40.0. The molecule has 6 nitrogen and oxygen atoms in total. The second-order valence-electron chi connectivity index (χ2n) is 7.68. The Labute approximate surface area is 169 Å². The van der Waals surface area contributed by atoms with Crippen molar-refractivity contribution < 1.29 is 29.3 Å². The normalized spacial score (nSPS) is 34.6. The Morgan fingerprint density at radius 2 is 1.70 bits per heavy atom. The number of phenolic OH excluding ortho intramolecular Hbond substituents is 2. The molecule has 4 rings (SSSR count). The maximum absolute atomic E-state index is 13.4. The molecule has 1 aliphatic heterocycles. The highest BCUT2D eigenvalue weighted by atomic mass is 127.